The molecule has 0 saturated carbocycles. The first kappa shape index (κ1) is 16.5. The van der Waals surface area contributed by atoms with E-state index in [-0.39, 0.29) is 12.0 Å². The van der Waals surface area contributed by atoms with Crippen molar-refractivity contribution in [3.63, 3.8) is 0 Å². The minimum atomic E-state index is -0.319. The van der Waals surface area contributed by atoms with Crippen LogP contribution in [0.5, 0.6) is 0 Å². The van der Waals surface area contributed by atoms with Gasteiger partial charge in [0.25, 0.3) is 0 Å². The fourth-order valence-corrected chi connectivity index (χ4v) is 2.77. The smallest absolute Gasteiger partial charge is 0.338 e. The Labute approximate surface area is 136 Å². The second-order valence-electron chi connectivity index (χ2n) is 5.61. The highest BCUT2D eigenvalue weighted by Gasteiger charge is 2.30. The first-order valence-electron chi connectivity index (χ1n) is 7.49. The Hall–Kier alpha value is -1.88. The maximum Gasteiger partial charge on any atom is 0.338 e. The molecule has 5 heteroatoms. The average Bonchev–Trinajstić information content (AvgIpc) is 2.46. The highest BCUT2D eigenvalue weighted by Crippen LogP contribution is 2.28. The summed E-state index contributed by atoms with van der Waals surface area (Å²) in [6.07, 6.45) is 0. The Morgan fingerprint density at radius 2 is 1.95 bits per heavy atom. The molecule has 0 amide bonds. The maximum absolute atomic E-state index is 12.3. The van der Waals surface area contributed by atoms with Crippen LogP contribution in [0.2, 0.25) is 0 Å². The van der Waals surface area contributed by atoms with Crippen molar-refractivity contribution in [1.29, 1.82) is 0 Å². The van der Waals surface area contributed by atoms with Gasteiger partial charge in [0.2, 0.25) is 0 Å². The van der Waals surface area contributed by atoms with Gasteiger partial charge in [0, 0.05) is 5.70 Å². The van der Waals surface area contributed by atoms with Gasteiger partial charge in [-0.05, 0) is 43.1 Å². The van der Waals surface area contributed by atoms with E-state index in [0.29, 0.717) is 23.2 Å². The molecule has 118 valence electrons. The molecule has 1 heterocycles. The SMILES string of the molecule is CCOC(=O)C1=C(C)NC(=S)NC1c1ccc(C(C)C)cc1. The highest BCUT2D eigenvalue weighted by molar-refractivity contribution is 7.80. The number of hydrogen-bond donors (Lipinski definition) is 2. The zero-order chi connectivity index (χ0) is 16.3. The Bertz CT molecular complexity index is 606. The molecular weight excluding hydrogens is 296 g/mol. The normalized spacial score (nSPS) is 18.0. The molecule has 0 aromatic heterocycles. The van der Waals surface area contributed by atoms with Crippen molar-refractivity contribution < 1.29 is 9.53 Å². The number of benzene rings is 1. The van der Waals surface area contributed by atoms with Gasteiger partial charge in [-0.2, -0.15) is 0 Å². The first-order chi connectivity index (χ1) is 10.4. The molecule has 1 aliphatic heterocycles. The van der Waals surface area contributed by atoms with Crippen LogP contribution in [0, 0.1) is 0 Å². The summed E-state index contributed by atoms with van der Waals surface area (Å²) in [5.41, 5.74) is 3.57. The molecule has 0 saturated heterocycles. The number of ether oxygens (including phenoxy) is 1. The summed E-state index contributed by atoms with van der Waals surface area (Å²) >= 11 is 5.22. The lowest BCUT2D eigenvalue weighted by Crippen LogP contribution is -2.45. The zero-order valence-electron chi connectivity index (χ0n) is 13.4. The van der Waals surface area contributed by atoms with E-state index in [2.05, 4.69) is 36.6 Å². The third-order valence-electron chi connectivity index (χ3n) is 3.70. The van der Waals surface area contributed by atoms with E-state index in [1.54, 1.807) is 6.92 Å². The third-order valence-corrected chi connectivity index (χ3v) is 3.92. The van der Waals surface area contributed by atoms with E-state index in [4.69, 9.17) is 17.0 Å². The molecule has 1 unspecified atom stereocenters. The molecule has 0 aliphatic carbocycles. The van der Waals surface area contributed by atoms with Crippen molar-refractivity contribution in [2.24, 2.45) is 0 Å². The van der Waals surface area contributed by atoms with Crippen LogP contribution in [-0.4, -0.2) is 17.7 Å². The second-order valence-corrected chi connectivity index (χ2v) is 6.02. The largest absolute Gasteiger partial charge is 0.463 e. The topological polar surface area (TPSA) is 50.4 Å². The van der Waals surface area contributed by atoms with Crippen LogP contribution in [0.15, 0.2) is 35.5 Å². The van der Waals surface area contributed by atoms with Crippen LogP contribution >= 0.6 is 12.2 Å². The third kappa shape index (κ3) is 3.47. The summed E-state index contributed by atoms with van der Waals surface area (Å²) in [7, 11) is 0. The molecule has 1 aliphatic rings. The number of carbonyl (C=O) groups excluding carboxylic acids is 1. The van der Waals surface area contributed by atoms with Gasteiger partial charge in [-0.1, -0.05) is 38.1 Å². The molecule has 2 rings (SSSR count). The van der Waals surface area contributed by atoms with Gasteiger partial charge < -0.3 is 15.4 Å². The standard InChI is InChI=1S/C17H22N2O2S/c1-5-21-16(20)14-11(4)18-17(22)19-15(14)13-8-6-12(7-9-13)10(2)3/h6-10,15H,5H2,1-4H3,(H2,18,19,22). The van der Waals surface area contributed by atoms with Crippen LogP contribution in [0.1, 0.15) is 50.8 Å². The number of nitrogens with one attached hydrogen (secondary N) is 2. The number of rotatable bonds is 4. The molecule has 0 bridgehead atoms. The lowest BCUT2D eigenvalue weighted by atomic mass is 9.93. The summed E-state index contributed by atoms with van der Waals surface area (Å²) in [6.45, 7) is 8.30. The number of esters is 1. The quantitative estimate of drug-likeness (QED) is 0.660. The number of carbonyl (C=O) groups is 1. The van der Waals surface area contributed by atoms with Crippen molar-refractivity contribution >= 4 is 23.3 Å². The van der Waals surface area contributed by atoms with Gasteiger partial charge in [0.15, 0.2) is 5.11 Å². The molecule has 1 aromatic rings. The zero-order valence-corrected chi connectivity index (χ0v) is 14.2. The van der Waals surface area contributed by atoms with Crippen molar-refractivity contribution in [1.82, 2.24) is 10.6 Å². The molecule has 0 spiro atoms. The van der Waals surface area contributed by atoms with Gasteiger partial charge in [-0.25, -0.2) is 4.79 Å². The van der Waals surface area contributed by atoms with E-state index < -0.39 is 0 Å². The summed E-state index contributed by atoms with van der Waals surface area (Å²) in [5.74, 6) is 0.151. The number of thiocarbonyl (C=S) groups is 1. The van der Waals surface area contributed by atoms with E-state index in [0.717, 1.165) is 11.3 Å². The predicted molar refractivity (Wildman–Crippen MR) is 91.5 cm³/mol. The van der Waals surface area contributed by atoms with Gasteiger partial charge >= 0.3 is 5.97 Å². The van der Waals surface area contributed by atoms with Gasteiger partial charge in [-0.15, -0.1) is 0 Å². The predicted octanol–water partition coefficient (Wildman–Crippen LogP) is 3.17. The summed E-state index contributed by atoms with van der Waals surface area (Å²) < 4.78 is 5.18. The fraction of sp³-hybridized carbons (Fsp3) is 0.412. The highest BCUT2D eigenvalue weighted by atomic mass is 32.1. The Kier molecular flexibility index (Phi) is 5.19. The molecule has 1 aromatic carbocycles. The van der Waals surface area contributed by atoms with Crippen LogP contribution < -0.4 is 10.6 Å². The van der Waals surface area contributed by atoms with Crippen molar-refractivity contribution in [3.05, 3.63) is 46.7 Å². The molecule has 0 fully saturated rings. The van der Waals surface area contributed by atoms with Gasteiger partial charge in [0.1, 0.15) is 0 Å². The summed E-state index contributed by atoms with van der Waals surface area (Å²) in [6, 6.07) is 7.96. The number of hydrogen-bond acceptors (Lipinski definition) is 3. The van der Waals surface area contributed by atoms with Crippen molar-refractivity contribution in [3.8, 4) is 0 Å². The van der Waals surface area contributed by atoms with Crippen molar-refractivity contribution in [2.45, 2.75) is 39.7 Å². The van der Waals surface area contributed by atoms with Crippen LogP contribution in [0.25, 0.3) is 0 Å². The van der Waals surface area contributed by atoms with Gasteiger partial charge in [-0.3, -0.25) is 0 Å². The Balaban J connectivity index is 2.38. The lowest BCUT2D eigenvalue weighted by molar-refractivity contribution is -0.139. The first-order valence-corrected chi connectivity index (χ1v) is 7.90. The fourth-order valence-electron chi connectivity index (χ4n) is 2.50. The minimum Gasteiger partial charge on any atom is -0.463 e. The summed E-state index contributed by atoms with van der Waals surface area (Å²) in [5, 5.41) is 6.68. The van der Waals surface area contributed by atoms with E-state index >= 15 is 0 Å². The van der Waals surface area contributed by atoms with Crippen LogP contribution in [-0.2, 0) is 9.53 Å². The Morgan fingerprint density at radius 3 is 2.50 bits per heavy atom. The molecule has 4 nitrogen and oxygen atoms in total. The summed E-state index contributed by atoms with van der Waals surface area (Å²) in [4.78, 5) is 12.3. The van der Waals surface area contributed by atoms with Gasteiger partial charge in [0.05, 0.1) is 18.2 Å². The van der Waals surface area contributed by atoms with Crippen molar-refractivity contribution in [2.75, 3.05) is 6.61 Å². The molecule has 0 radical (unpaired) electrons. The monoisotopic (exact) mass is 318 g/mol. The average molecular weight is 318 g/mol. The lowest BCUT2D eigenvalue weighted by Gasteiger charge is -2.30. The second kappa shape index (κ2) is 6.92. The van der Waals surface area contributed by atoms with E-state index in [1.807, 2.05) is 19.1 Å². The van der Waals surface area contributed by atoms with Crippen LogP contribution in [0.3, 0.4) is 0 Å². The Morgan fingerprint density at radius 1 is 1.32 bits per heavy atom. The van der Waals surface area contributed by atoms with Crippen LogP contribution in [0.4, 0.5) is 0 Å². The number of allylic oxidation sites excluding steroid dienone is 1. The minimum absolute atomic E-state index is 0.283. The molecular formula is C17H22N2O2S. The maximum atomic E-state index is 12.3. The van der Waals surface area contributed by atoms with E-state index in [9.17, 15) is 4.79 Å². The molecule has 2 N–H and O–H groups in total. The molecule has 1 atom stereocenters. The molecule has 22 heavy (non-hydrogen) atoms. The van der Waals surface area contributed by atoms with E-state index in [1.165, 1.54) is 5.56 Å².